The maximum Gasteiger partial charge on any atom is 0.0445 e. The average molecular weight is 251 g/mol. The van der Waals surface area contributed by atoms with E-state index >= 15 is 0 Å². The molecule has 0 heterocycles. The van der Waals surface area contributed by atoms with Gasteiger partial charge in [-0.2, -0.15) is 11.8 Å². The summed E-state index contributed by atoms with van der Waals surface area (Å²) in [5, 5.41) is 0.425. The average Bonchev–Trinajstić information content (AvgIpc) is 2.23. The molecule has 0 spiro atoms. The van der Waals surface area contributed by atoms with Crippen LogP contribution >= 0.6 is 11.8 Å². The van der Waals surface area contributed by atoms with E-state index in [0.29, 0.717) is 5.25 Å². The van der Waals surface area contributed by atoms with Gasteiger partial charge in [0.2, 0.25) is 0 Å². The van der Waals surface area contributed by atoms with Crippen LogP contribution in [0.4, 0.5) is 0 Å². The summed E-state index contributed by atoms with van der Waals surface area (Å²) in [5.74, 6) is 1.96. The first-order chi connectivity index (χ1) is 8.00. The van der Waals surface area contributed by atoms with Crippen molar-refractivity contribution in [3.05, 3.63) is 35.4 Å². The van der Waals surface area contributed by atoms with Crippen LogP contribution in [0.5, 0.6) is 0 Å². The number of rotatable bonds is 6. The lowest BCUT2D eigenvalue weighted by molar-refractivity contribution is 0.629. The van der Waals surface area contributed by atoms with Crippen LogP contribution in [0.1, 0.15) is 43.6 Å². The zero-order chi connectivity index (χ0) is 12.8. The van der Waals surface area contributed by atoms with Gasteiger partial charge in [0.15, 0.2) is 0 Å². The van der Waals surface area contributed by atoms with E-state index in [2.05, 4.69) is 52.0 Å². The van der Waals surface area contributed by atoms with Crippen molar-refractivity contribution in [2.45, 2.75) is 45.4 Å². The standard InChI is InChI=1S/C15H25NS/c1-11(2)8-9-17-15(13(4)16)14-7-5-6-12(3)10-14/h5-7,10-11,13,15H,8-9,16H2,1-4H3. The predicted molar refractivity (Wildman–Crippen MR) is 79.5 cm³/mol. The van der Waals surface area contributed by atoms with Crippen molar-refractivity contribution < 1.29 is 0 Å². The van der Waals surface area contributed by atoms with Gasteiger partial charge < -0.3 is 5.73 Å². The van der Waals surface area contributed by atoms with E-state index < -0.39 is 0 Å². The third kappa shape index (κ3) is 5.13. The van der Waals surface area contributed by atoms with Crippen molar-refractivity contribution >= 4 is 11.8 Å². The van der Waals surface area contributed by atoms with Gasteiger partial charge in [-0.1, -0.05) is 43.7 Å². The minimum atomic E-state index is 0.203. The van der Waals surface area contributed by atoms with Crippen molar-refractivity contribution in [2.24, 2.45) is 11.7 Å². The Morgan fingerprint density at radius 1 is 1.24 bits per heavy atom. The molecule has 0 aliphatic carbocycles. The van der Waals surface area contributed by atoms with E-state index in [4.69, 9.17) is 5.73 Å². The molecule has 96 valence electrons. The van der Waals surface area contributed by atoms with Crippen LogP contribution in [0.25, 0.3) is 0 Å². The number of nitrogens with two attached hydrogens (primary N) is 1. The summed E-state index contributed by atoms with van der Waals surface area (Å²) in [6.45, 7) is 8.79. The monoisotopic (exact) mass is 251 g/mol. The molecule has 17 heavy (non-hydrogen) atoms. The van der Waals surface area contributed by atoms with Crippen LogP contribution in [-0.2, 0) is 0 Å². The summed E-state index contributed by atoms with van der Waals surface area (Å²) < 4.78 is 0. The normalized spacial score (nSPS) is 14.9. The molecule has 0 saturated carbocycles. The maximum atomic E-state index is 6.11. The first-order valence-corrected chi connectivity index (χ1v) is 7.49. The van der Waals surface area contributed by atoms with Crippen molar-refractivity contribution in [3.8, 4) is 0 Å². The lowest BCUT2D eigenvalue weighted by Gasteiger charge is -2.21. The zero-order valence-electron chi connectivity index (χ0n) is 11.4. The van der Waals surface area contributed by atoms with Crippen LogP contribution in [0.15, 0.2) is 24.3 Å². The van der Waals surface area contributed by atoms with Gasteiger partial charge in [0.05, 0.1) is 0 Å². The maximum absolute atomic E-state index is 6.11. The molecule has 0 radical (unpaired) electrons. The SMILES string of the molecule is Cc1cccc(C(SCCC(C)C)C(C)N)c1. The fraction of sp³-hybridized carbons (Fsp3) is 0.600. The van der Waals surface area contributed by atoms with Crippen LogP contribution in [0.2, 0.25) is 0 Å². The molecular weight excluding hydrogens is 226 g/mol. The second-order valence-electron chi connectivity index (χ2n) is 5.25. The highest BCUT2D eigenvalue weighted by Gasteiger charge is 2.16. The molecule has 2 heteroatoms. The molecule has 1 aromatic carbocycles. The first kappa shape index (κ1) is 14.6. The van der Waals surface area contributed by atoms with E-state index in [0.717, 1.165) is 5.92 Å². The van der Waals surface area contributed by atoms with Crippen molar-refractivity contribution in [1.29, 1.82) is 0 Å². The number of benzene rings is 1. The minimum Gasteiger partial charge on any atom is -0.327 e. The van der Waals surface area contributed by atoms with Gasteiger partial charge in [-0.05, 0) is 37.5 Å². The smallest absolute Gasteiger partial charge is 0.0445 e. The third-order valence-electron chi connectivity index (χ3n) is 2.84. The Morgan fingerprint density at radius 2 is 1.94 bits per heavy atom. The van der Waals surface area contributed by atoms with E-state index in [1.807, 2.05) is 11.8 Å². The molecule has 2 unspecified atom stereocenters. The van der Waals surface area contributed by atoms with Gasteiger partial charge in [-0.3, -0.25) is 0 Å². The summed E-state index contributed by atoms with van der Waals surface area (Å²) >= 11 is 1.99. The summed E-state index contributed by atoms with van der Waals surface area (Å²) in [5.41, 5.74) is 8.80. The van der Waals surface area contributed by atoms with Crippen LogP contribution in [-0.4, -0.2) is 11.8 Å². The molecule has 2 atom stereocenters. The van der Waals surface area contributed by atoms with E-state index in [1.54, 1.807) is 0 Å². The molecule has 2 N–H and O–H groups in total. The van der Waals surface area contributed by atoms with E-state index in [-0.39, 0.29) is 6.04 Å². The topological polar surface area (TPSA) is 26.0 Å². The molecule has 0 saturated heterocycles. The molecule has 1 nitrogen and oxygen atoms in total. The van der Waals surface area contributed by atoms with E-state index in [1.165, 1.54) is 23.3 Å². The Kier molecular flexibility index (Phi) is 6.07. The zero-order valence-corrected chi connectivity index (χ0v) is 12.3. The first-order valence-electron chi connectivity index (χ1n) is 6.44. The fourth-order valence-electron chi connectivity index (χ4n) is 1.83. The highest BCUT2D eigenvalue weighted by atomic mass is 32.2. The number of thioether (sulfide) groups is 1. The molecule has 1 aromatic rings. The Labute approximate surface area is 110 Å². The molecule has 0 aliphatic heterocycles. The molecule has 1 rings (SSSR count). The molecule has 0 aromatic heterocycles. The van der Waals surface area contributed by atoms with Crippen LogP contribution in [0.3, 0.4) is 0 Å². The fourth-order valence-corrected chi connectivity index (χ4v) is 3.33. The summed E-state index contributed by atoms with van der Waals surface area (Å²) in [6.07, 6.45) is 1.26. The number of hydrogen-bond donors (Lipinski definition) is 1. The molecule has 0 fully saturated rings. The lowest BCUT2D eigenvalue weighted by Crippen LogP contribution is -2.23. The van der Waals surface area contributed by atoms with Gasteiger partial charge in [0.1, 0.15) is 0 Å². The summed E-state index contributed by atoms with van der Waals surface area (Å²) in [6, 6.07) is 8.93. The predicted octanol–water partition coefficient (Wildman–Crippen LogP) is 4.16. The van der Waals surface area contributed by atoms with Gasteiger partial charge in [0.25, 0.3) is 0 Å². The third-order valence-corrected chi connectivity index (χ3v) is 4.37. The Balaban J connectivity index is 2.66. The number of aryl methyl sites for hydroxylation is 1. The second kappa shape index (κ2) is 7.07. The summed E-state index contributed by atoms with van der Waals surface area (Å²) in [7, 11) is 0. The van der Waals surface area contributed by atoms with E-state index in [9.17, 15) is 0 Å². The second-order valence-corrected chi connectivity index (χ2v) is 6.50. The van der Waals surface area contributed by atoms with Crippen molar-refractivity contribution in [1.82, 2.24) is 0 Å². The number of hydrogen-bond acceptors (Lipinski definition) is 2. The van der Waals surface area contributed by atoms with Crippen LogP contribution < -0.4 is 5.73 Å². The van der Waals surface area contributed by atoms with Crippen molar-refractivity contribution in [2.75, 3.05) is 5.75 Å². The Morgan fingerprint density at radius 3 is 2.47 bits per heavy atom. The van der Waals surface area contributed by atoms with Crippen molar-refractivity contribution in [3.63, 3.8) is 0 Å². The minimum absolute atomic E-state index is 0.203. The molecule has 0 amide bonds. The summed E-state index contributed by atoms with van der Waals surface area (Å²) in [4.78, 5) is 0. The lowest BCUT2D eigenvalue weighted by atomic mass is 10.0. The van der Waals surface area contributed by atoms with Crippen LogP contribution in [0, 0.1) is 12.8 Å². The van der Waals surface area contributed by atoms with Gasteiger partial charge >= 0.3 is 0 Å². The van der Waals surface area contributed by atoms with Gasteiger partial charge in [-0.25, -0.2) is 0 Å². The Hall–Kier alpha value is -0.470. The largest absolute Gasteiger partial charge is 0.327 e. The highest BCUT2D eigenvalue weighted by Crippen LogP contribution is 2.32. The Bertz CT molecular complexity index is 333. The highest BCUT2D eigenvalue weighted by molar-refractivity contribution is 7.99. The van der Waals surface area contributed by atoms with Gasteiger partial charge in [-0.15, -0.1) is 0 Å². The molecular formula is C15H25NS. The molecule has 0 aliphatic rings. The van der Waals surface area contributed by atoms with Gasteiger partial charge in [0, 0.05) is 11.3 Å². The quantitative estimate of drug-likeness (QED) is 0.821. The molecule has 0 bridgehead atoms.